The normalized spacial score (nSPS) is 19.9. The lowest BCUT2D eigenvalue weighted by atomic mass is 10.1. The second kappa shape index (κ2) is 6.03. The zero-order valence-corrected chi connectivity index (χ0v) is 12.8. The van der Waals surface area contributed by atoms with Gasteiger partial charge in [-0.2, -0.15) is 0 Å². The fourth-order valence-electron chi connectivity index (χ4n) is 2.26. The lowest BCUT2D eigenvalue weighted by molar-refractivity contribution is 0.0710. The molecule has 2 aromatic rings. The average Bonchev–Trinajstić information content (AvgIpc) is 3.19. The molecule has 4 nitrogen and oxygen atoms in total. The molecule has 3 heterocycles. The molecule has 0 radical (unpaired) electrons. The van der Waals surface area contributed by atoms with Gasteiger partial charge in [-0.05, 0) is 31.2 Å². The first kappa shape index (κ1) is 13.7. The maximum atomic E-state index is 12.2. The van der Waals surface area contributed by atoms with Crippen molar-refractivity contribution in [3.8, 4) is 9.88 Å². The number of hydrogen-bond acceptors (Lipinski definition) is 5. The second-order valence-electron chi connectivity index (χ2n) is 4.83. The number of thiophene rings is 1. The van der Waals surface area contributed by atoms with Crippen LogP contribution in [0.5, 0.6) is 0 Å². The van der Waals surface area contributed by atoms with E-state index in [9.17, 15) is 4.79 Å². The van der Waals surface area contributed by atoms with Gasteiger partial charge in [-0.3, -0.25) is 4.79 Å². The van der Waals surface area contributed by atoms with Crippen LogP contribution in [0.3, 0.4) is 0 Å². The molecule has 2 atom stereocenters. The summed E-state index contributed by atoms with van der Waals surface area (Å²) in [5.41, 5.74) is 0.489. The number of amides is 1. The van der Waals surface area contributed by atoms with Gasteiger partial charge in [0.15, 0.2) is 0 Å². The molecule has 1 aliphatic rings. The monoisotopic (exact) mass is 308 g/mol. The van der Waals surface area contributed by atoms with Gasteiger partial charge in [-0.25, -0.2) is 4.98 Å². The van der Waals surface area contributed by atoms with Crippen molar-refractivity contribution in [3.63, 3.8) is 0 Å². The number of ether oxygens (including phenoxy) is 1. The number of nitrogens with zero attached hydrogens (tertiary/aromatic N) is 1. The van der Waals surface area contributed by atoms with Crippen LogP contribution in [0.2, 0.25) is 0 Å². The highest BCUT2D eigenvalue weighted by Crippen LogP contribution is 2.27. The Morgan fingerprint density at radius 1 is 1.55 bits per heavy atom. The summed E-state index contributed by atoms with van der Waals surface area (Å²) in [6, 6.07) is 4.03. The van der Waals surface area contributed by atoms with Crippen LogP contribution in [0.15, 0.2) is 22.9 Å². The lowest BCUT2D eigenvalue weighted by Crippen LogP contribution is -2.40. The first-order valence-electron chi connectivity index (χ1n) is 6.66. The number of rotatable bonds is 4. The van der Waals surface area contributed by atoms with Crippen LogP contribution in [-0.4, -0.2) is 29.6 Å². The number of carbonyl (C=O) groups excluding carboxylic acids is 1. The SMILES string of the molecule is CC(NC(=O)c1csc(-c2cccs2)n1)C1CCCO1. The largest absolute Gasteiger partial charge is 0.376 e. The third kappa shape index (κ3) is 2.92. The van der Waals surface area contributed by atoms with E-state index in [2.05, 4.69) is 10.3 Å². The molecular weight excluding hydrogens is 292 g/mol. The summed E-state index contributed by atoms with van der Waals surface area (Å²) < 4.78 is 5.58. The van der Waals surface area contributed by atoms with Gasteiger partial charge in [-0.1, -0.05) is 6.07 Å². The molecule has 0 aliphatic carbocycles. The molecule has 0 bridgehead atoms. The molecule has 6 heteroatoms. The van der Waals surface area contributed by atoms with Crippen molar-refractivity contribution >= 4 is 28.6 Å². The van der Waals surface area contributed by atoms with E-state index in [4.69, 9.17) is 4.74 Å². The third-order valence-electron chi connectivity index (χ3n) is 3.35. The van der Waals surface area contributed by atoms with E-state index < -0.39 is 0 Å². The highest BCUT2D eigenvalue weighted by Gasteiger charge is 2.24. The van der Waals surface area contributed by atoms with Gasteiger partial charge in [0.25, 0.3) is 5.91 Å². The van der Waals surface area contributed by atoms with Gasteiger partial charge >= 0.3 is 0 Å². The molecule has 106 valence electrons. The van der Waals surface area contributed by atoms with Gasteiger partial charge in [0, 0.05) is 12.0 Å². The Kier molecular flexibility index (Phi) is 4.14. The number of nitrogens with one attached hydrogen (secondary N) is 1. The summed E-state index contributed by atoms with van der Waals surface area (Å²) in [5, 5.41) is 7.70. The Morgan fingerprint density at radius 3 is 3.15 bits per heavy atom. The maximum absolute atomic E-state index is 12.2. The molecule has 2 aromatic heterocycles. The van der Waals surface area contributed by atoms with Crippen molar-refractivity contribution in [1.82, 2.24) is 10.3 Å². The Balaban J connectivity index is 1.65. The van der Waals surface area contributed by atoms with E-state index in [1.165, 1.54) is 11.3 Å². The molecule has 3 rings (SSSR count). The van der Waals surface area contributed by atoms with Gasteiger partial charge in [-0.15, -0.1) is 22.7 Å². The van der Waals surface area contributed by atoms with Crippen LogP contribution in [0.1, 0.15) is 30.3 Å². The zero-order valence-electron chi connectivity index (χ0n) is 11.2. The van der Waals surface area contributed by atoms with E-state index in [0.717, 1.165) is 29.3 Å². The minimum atomic E-state index is -0.118. The van der Waals surface area contributed by atoms with Crippen molar-refractivity contribution in [1.29, 1.82) is 0 Å². The number of hydrogen-bond donors (Lipinski definition) is 1. The zero-order chi connectivity index (χ0) is 13.9. The standard InChI is InChI=1S/C14H16N2O2S2/c1-9(11-4-2-6-18-11)15-13(17)10-8-20-14(16-10)12-5-3-7-19-12/h3,5,7-9,11H,2,4,6H2,1H3,(H,15,17). The maximum Gasteiger partial charge on any atom is 0.271 e. The molecule has 0 saturated carbocycles. The molecule has 1 saturated heterocycles. The van der Waals surface area contributed by atoms with Crippen molar-refractivity contribution in [2.24, 2.45) is 0 Å². The highest BCUT2D eigenvalue weighted by atomic mass is 32.1. The Labute approximate surface area is 125 Å². The first-order valence-corrected chi connectivity index (χ1v) is 8.42. The topological polar surface area (TPSA) is 51.2 Å². The molecule has 1 aliphatic heterocycles. The van der Waals surface area contributed by atoms with Gasteiger partial charge in [0.1, 0.15) is 10.7 Å². The minimum Gasteiger partial charge on any atom is -0.376 e. The molecule has 0 aromatic carbocycles. The van der Waals surface area contributed by atoms with Crippen LogP contribution in [-0.2, 0) is 4.74 Å². The summed E-state index contributed by atoms with van der Waals surface area (Å²) in [6.45, 7) is 2.78. The van der Waals surface area contributed by atoms with Gasteiger partial charge < -0.3 is 10.1 Å². The van der Waals surface area contributed by atoms with Crippen LogP contribution in [0.25, 0.3) is 9.88 Å². The number of aromatic nitrogens is 1. The van der Waals surface area contributed by atoms with Crippen LogP contribution < -0.4 is 5.32 Å². The van der Waals surface area contributed by atoms with Crippen LogP contribution in [0.4, 0.5) is 0 Å². The summed E-state index contributed by atoms with van der Waals surface area (Å²) in [5.74, 6) is -0.118. The van der Waals surface area contributed by atoms with Crippen LogP contribution in [0, 0.1) is 0 Å². The Hall–Kier alpha value is -1.24. The predicted molar refractivity (Wildman–Crippen MR) is 81.3 cm³/mol. The summed E-state index contributed by atoms with van der Waals surface area (Å²) in [7, 11) is 0. The molecular formula is C14H16N2O2S2. The van der Waals surface area contributed by atoms with Crippen molar-refractivity contribution in [2.45, 2.75) is 31.9 Å². The second-order valence-corrected chi connectivity index (χ2v) is 6.63. The number of thiazole rings is 1. The molecule has 1 amide bonds. The Morgan fingerprint density at radius 2 is 2.45 bits per heavy atom. The molecule has 0 spiro atoms. The fraction of sp³-hybridized carbons (Fsp3) is 0.429. The number of carbonyl (C=O) groups is 1. The third-order valence-corrected chi connectivity index (χ3v) is 5.23. The molecule has 1 N–H and O–H groups in total. The molecule has 20 heavy (non-hydrogen) atoms. The Bertz CT molecular complexity index is 574. The summed E-state index contributed by atoms with van der Waals surface area (Å²) in [6.07, 6.45) is 2.22. The summed E-state index contributed by atoms with van der Waals surface area (Å²) >= 11 is 3.13. The first-order chi connectivity index (χ1) is 9.74. The van der Waals surface area contributed by atoms with Crippen LogP contribution >= 0.6 is 22.7 Å². The molecule has 2 unspecified atom stereocenters. The highest BCUT2D eigenvalue weighted by molar-refractivity contribution is 7.20. The van der Waals surface area contributed by atoms with Gasteiger partial charge in [0.05, 0.1) is 17.0 Å². The van der Waals surface area contributed by atoms with E-state index in [1.54, 1.807) is 11.3 Å². The smallest absolute Gasteiger partial charge is 0.271 e. The van der Waals surface area contributed by atoms with E-state index in [0.29, 0.717) is 5.69 Å². The fourth-order valence-corrected chi connectivity index (χ4v) is 3.88. The van der Waals surface area contributed by atoms with Crippen molar-refractivity contribution in [2.75, 3.05) is 6.61 Å². The average molecular weight is 308 g/mol. The van der Waals surface area contributed by atoms with E-state index in [-0.39, 0.29) is 18.1 Å². The molecule has 1 fully saturated rings. The van der Waals surface area contributed by atoms with Gasteiger partial charge in [0.2, 0.25) is 0 Å². The minimum absolute atomic E-state index is 0.0249. The van der Waals surface area contributed by atoms with E-state index >= 15 is 0 Å². The van der Waals surface area contributed by atoms with E-state index in [1.807, 2.05) is 29.8 Å². The summed E-state index contributed by atoms with van der Waals surface area (Å²) in [4.78, 5) is 17.7. The van der Waals surface area contributed by atoms with Crippen molar-refractivity contribution < 1.29 is 9.53 Å². The lowest BCUT2D eigenvalue weighted by Gasteiger charge is -2.19. The van der Waals surface area contributed by atoms with Crippen molar-refractivity contribution in [3.05, 3.63) is 28.6 Å². The quantitative estimate of drug-likeness (QED) is 0.944. The predicted octanol–water partition coefficient (Wildman–Crippen LogP) is 3.17.